The van der Waals surface area contributed by atoms with Crippen LogP contribution in [0, 0.1) is 0 Å². The largest absolute Gasteiger partial charge is 0.465 e. The number of anilines is 1. The van der Waals surface area contributed by atoms with E-state index in [-0.39, 0.29) is 17.1 Å². The van der Waals surface area contributed by atoms with E-state index in [1.165, 1.54) is 31.4 Å². The Labute approximate surface area is 174 Å². The van der Waals surface area contributed by atoms with Crippen molar-refractivity contribution in [1.29, 1.82) is 0 Å². The molecule has 0 aliphatic rings. The number of methoxy groups -OCH3 is 1. The molecular weight excluding hydrogens is 390 g/mol. The highest BCUT2D eigenvalue weighted by atomic mass is 32.1. The Morgan fingerprint density at radius 3 is 2.00 bits per heavy atom. The van der Waals surface area contributed by atoms with E-state index in [1.54, 1.807) is 24.3 Å². The van der Waals surface area contributed by atoms with E-state index in [4.69, 9.17) is 12.2 Å². The molecule has 0 spiro atoms. The van der Waals surface area contributed by atoms with Crippen LogP contribution in [0.4, 0.5) is 5.69 Å². The number of carbonyl (C=O) groups excluding carboxylic acids is 3. The van der Waals surface area contributed by atoms with Gasteiger partial charge in [0.15, 0.2) is 5.11 Å². The van der Waals surface area contributed by atoms with Crippen molar-refractivity contribution in [2.75, 3.05) is 12.4 Å². The summed E-state index contributed by atoms with van der Waals surface area (Å²) in [6.07, 6.45) is 0.852. The number of hydrogen-bond acceptors (Lipinski definition) is 5. The van der Waals surface area contributed by atoms with Crippen LogP contribution in [0.2, 0.25) is 0 Å². The Bertz CT molecular complexity index is 895. The van der Waals surface area contributed by atoms with Gasteiger partial charge in [0.1, 0.15) is 0 Å². The number of amides is 2. The molecule has 0 aliphatic heterocycles. The summed E-state index contributed by atoms with van der Waals surface area (Å²) >= 11 is 5.16. The van der Waals surface area contributed by atoms with Crippen molar-refractivity contribution in [2.45, 2.75) is 26.3 Å². The van der Waals surface area contributed by atoms with Gasteiger partial charge >= 0.3 is 5.97 Å². The summed E-state index contributed by atoms with van der Waals surface area (Å²) < 4.78 is 4.62. The van der Waals surface area contributed by atoms with Crippen LogP contribution in [0.15, 0.2) is 48.5 Å². The molecule has 8 heteroatoms. The van der Waals surface area contributed by atoms with E-state index in [1.807, 2.05) is 13.8 Å². The third-order valence-electron chi connectivity index (χ3n) is 4.19. The minimum Gasteiger partial charge on any atom is -0.465 e. The van der Waals surface area contributed by atoms with Gasteiger partial charge in [-0.15, -0.1) is 0 Å². The quantitative estimate of drug-likeness (QED) is 0.497. The van der Waals surface area contributed by atoms with Crippen molar-refractivity contribution in [3.8, 4) is 0 Å². The molecule has 0 saturated carbocycles. The van der Waals surface area contributed by atoms with Crippen molar-refractivity contribution in [3.05, 3.63) is 65.2 Å². The lowest BCUT2D eigenvalue weighted by Crippen LogP contribution is -2.34. The van der Waals surface area contributed by atoms with Gasteiger partial charge in [0.25, 0.3) is 11.8 Å². The number of hydrogen-bond donors (Lipinski definition) is 3. The van der Waals surface area contributed by atoms with Crippen molar-refractivity contribution in [3.63, 3.8) is 0 Å². The third-order valence-corrected chi connectivity index (χ3v) is 4.39. The molecule has 0 aromatic heterocycles. The number of benzene rings is 2. The highest BCUT2D eigenvalue weighted by Gasteiger charge is 2.11. The maximum absolute atomic E-state index is 12.3. The van der Waals surface area contributed by atoms with Gasteiger partial charge in [-0.25, -0.2) is 4.79 Å². The first-order chi connectivity index (χ1) is 13.8. The molecule has 0 heterocycles. The lowest BCUT2D eigenvalue weighted by atomic mass is 10.1. The third kappa shape index (κ3) is 6.39. The Morgan fingerprint density at radius 1 is 0.931 bits per heavy atom. The van der Waals surface area contributed by atoms with Crippen LogP contribution in [-0.4, -0.2) is 36.0 Å². The van der Waals surface area contributed by atoms with E-state index in [0.29, 0.717) is 22.4 Å². The zero-order valence-electron chi connectivity index (χ0n) is 16.4. The monoisotopic (exact) mass is 413 g/mol. The molecule has 0 fully saturated rings. The molecule has 0 bridgehead atoms. The molecule has 29 heavy (non-hydrogen) atoms. The molecule has 2 aromatic rings. The van der Waals surface area contributed by atoms with Crippen LogP contribution >= 0.6 is 12.2 Å². The number of rotatable bonds is 6. The molecule has 2 rings (SSSR count). The Kier molecular flexibility index (Phi) is 7.85. The highest BCUT2D eigenvalue weighted by Crippen LogP contribution is 2.11. The Hall–Kier alpha value is -3.26. The SMILES string of the molecule is CCC(C)NC(=O)c1ccc(NC(=S)NC(=O)c2ccc(C(=O)OC)cc2)cc1. The minimum atomic E-state index is -0.476. The molecule has 7 nitrogen and oxygen atoms in total. The van der Waals surface area contributed by atoms with Gasteiger partial charge in [-0.05, 0) is 74.1 Å². The zero-order valence-corrected chi connectivity index (χ0v) is 17.3. The van der Waals surface area contributed by atoms with Crippen molar-refractivity contribution in [1.82, 2.24) is 10.6 Å². The van der Waals surface area contributed by atoms with Gasteiger partial charge in [-0.1, -0.05) is 6.92 Å². The Balaban J connectivity index is 1.92. The second kappa shape index (κ2) is 10.3. The molecule has 2 aromatic carbocycles. The smallest absolute Gasteiger partial charge is 0.337 e. The fourth-order valence-corrected chi connectivity index (χ4v) is 2.54. The molecule has 152 valence electrons. The molecular formula is C21H23N3O4S. The average molecular weight is 413 g/mol. The van der Waals surface area contributed by atoms with E-state index < -0.39 is 11.9 Å². The topological polar surface area (TPSA) is 96.5 Å². The van der Waals surface area contributed by atoms with Gasteiger partial charge in [0, 0.05) is 22.9 Å². The lowest BCUT2D eigenvalue weighted by Gasteiger charge is -2.12. The molecule has 1 unspecified atom stereocenters. The maximum Gasteiger partial charge on any atom is 0.337 e. The number of carbonyl (C=O) groups is 3. The predicted octanol–water partition coefficient (Wildman–Crippen LogP) is 3.13. The highest BCUT2D eigenvalue weighted by molar-refractivity contribution is 7.80. The fourth-order valence-electron chi connectivity index (χ4n) is 2.33. The van der Waals surface area contributed by atoms with Crippen LogP contribution in [0.25, 0.3) is 0 Å². The van der Waals surface area contributed by atoms with Crippen molar-refractivity contribution >= 4 is 40.8 Å². The summed E-state index contributed by atoms with van der Waals surface area (Å²) in [6, 6.07) is 12.9. The van der Waals surface area contributed by atoms with Gasteiger partial charge in [-0.2, -0.15) is 0 Å². The summed E-state index contributed by atoms with van der Waals surface area (Å²) in [4.78, 5) is 35.8. The lowest BCUT2D eigenvalue weighted by molar-refractivity contribution is 0.0600. The normalized spacial score (nSPS) is 11.1. The molecule has 0 aliphatic carbocycles. The molecule has 3 N–H and O–H groups in total. The summed E-state index contributed by atoms with van der Waals surface area (Å²) in [5, 5.41) is 8.47. The number of thiocarbonyl (C=S) groups is 1. The van der Waals surface area contributed by atoms with Crippen molar-refractivity contribution < 1.29 is 19.1 Å². The van der Waals surface area contributed by atoms with Crippen LogP contribution < -0.4 is 16.0 Å². The van der Waals surface area contributed by atoms with Gasteiger partial charge in [0.05, 0.1) is 12.7 Å². The first-order valence-electron chi connectivity index (χ1n) is 9.05. The Morgan fingerprint density at radius 2 is 1.45 bits per heavy atom. The van der Waals surface area contributed by atoms with E-state index in [9.17, 15) is 14.4 Å². The standard InChI is InChI=1S/C21H23N3O4S/c1-4-13(2)22-18(25)15-9-11-17(12-10-15)23-21(29)24-19(26)14-5-7-16(8-6-14)20(27)28-3/h5-13H,4H2,1-3H3,(H,22,25)(H2,23,24,26,29). The van der Waals surface area contributed by atoms with E-state index >= 15 is 0 Å². The first kappa shape index (κ1) is 22.0. The second-order valence-electron chi connectivity index (χ2n) is 6.34. The molecule has 2 amide bonds. The average Bonchev–Trinajstić information content (AvgIpc) is 2.73. The second-order valence-corrected chi connectivity index (χ2v) is 6.75. The predicted molar refractivity (Wildman–Crippen MR) is 115 cm³/mol. The van der Waals surface area contributed by atoms with Gasteiger partial charge < -0.3 is 15.4 Å². The molecule has 0 radical (unpaired) electrons. The van der Waals surface area contributed by atoms with Crippen LogP contribution in [-0.2, 0) is 4.74 Å². The summed E-state index contributed by atoms with van der Waals surface area (Å²) in [7, 11) is 1.29. The summed E-state index contributed by atoms with van der Waals surface area (Å²) in [5.41, 5.74) is 1.87. The van der Waals surface area contributed by atoms with Crippen LogP contribution in [0.3, 0.4) is 0 Å². The van der Waals surface area contributed by atoms with Crippen LogP contribution in [0.5, 0.6) is 0 Å². The molecule has 0 saturated heterocycles. The summed E-state index contributed by atoms with van der Waals surface area (Å²) in [6.45, 7) is 3.94. The zero-order chi connectivity index (χ0) is 21.4. The van der Waals surface area contributed by atoms with Gasteiger partial charge in [0.2, 0.25) is 0 Å². The van der Waals surface area contributed by atoms with E-state index in [2.05, 4.69) is 20.7 Å². The minimum absolute atomic E-state index is 0.102. The van der Waals surface area contributed by atoms with E-state index in [0.717, 1.165) is 6.42 Å². The summed E-state index contributed by atoms with van der Waals surface area (Å²) in [5.74, 6) is -1.03. The van der Waals surface area contributed by atoms with Crippen LogP contribution in [0.1, 0.15) is 51.3 Å². The first-order valence-corrected chi connectivity index (χ1v) is 9.46. The van der Waals surface area contributed by atoms with Crippen molar-refractivity contribution in [2.24, 2.45) is 0 Å². The van der Waals surface area contributed by atoms with Gasteiger partial charge in [-0.3, -0.25) is 14.9 Å². The molecule has 1 atom stereocenters. The number of nitrogens with one attached hydrogen (secondary N) is 3. The fraction of sp³-hybridized carbons (Fsp3) is 0.238. The maximum atomic E-state index is 12.3. The number of ether oxygens (including phenoxy) is 1. The number of esters is 1.